The zero-order valence-electron chi connectivity index (χ0n) is 11.6. The fourth-order valence-corrected chi connectivity index (χ4v) is 1.52. The van der Waals surface area contributed by atoms with E-state index in [0.717, 1.165) is 5.56 Å². The van der Waals surface area contributed by atoms with Crippen molar-refractivity contribution in [3.05, 3.63) is 35.9 Å². The molecule has 0 fully saturated rings. The van der Waals surface area contributed by atoms with Crippen molar-refractivity contribution < 1.29 is 13.2 Å². The minimum absolute atomic E-state index is 0.172. The molecule has 1 rings (SSSR count). The van der Waals surface area contributed by atoms with Gasteiger partial charge in [-0.15, -0.1) is 0 Å². The van der Waals surface area contributed by atoms with Crippen LogP contribution in [0.1, 0.15) is 46.1 Å². The van der Waals surface area contributed by atoms with Gasteiger partial charge in [0.15, 0.2) is 0 Å². The van der Waals surface area contributed by atoms with E-state index in [4.69, 9.17) is 0 Å². The molecule has 0 nitrogen and oxygen atoms in total. The van der Waals surface area contributed by atoms with Gasteiger partial charge in [0.1, 0.15) is 0 Å². The van der Waals surface area contributed by atoms with Crippen molar-refractivity contribution in [1.82, 2.24) is 0 Å². The van der Waals surface area contributed by atoms with E-state index in [1.165, 1.54) is 13.8 Å². The summed E-state index contributed by atoms with van der Waals surface area (Å²) in [6.07, 6.45) is -2.66. The van der Waals surface area contributed by atoms with Gasteiger partial charge in [0.05, 0.1) is 5.41 Å². The van der Waals surface area contributed by atoms with Crippen LogP contribution in [-0.2, 0) is 6.42 Å². The minimum atomic E-state index is -4.11. The molecule has 0 atom stereocenters. The van der Waals surface area contributed by atoms with Gasteiger partial charge in [0, 0.05) is 0 Å². The van der Waals surface area contributed by atoms with Gasteiger partial charge >= 0.3 is 6.18 Å². The number of rotatable bonds is 4. The van der Waals surface area contributed by atoms with Gasteiger partial charge in [0.2, 0.25) is 0 Å². The zero-order valence-corrected chi connectivity index (χ0v) is 11.6. The molecule has 0 aromatic heterocycles. The van der Waals surface area contributed by atoms with Crippen LogP contribution >= 0.6 is 0 Å². The van der Waals surface area contributed by atoms with E-state index in [0.29, 0.717) is 12.8 Å². The molecule has 104 valence electrons. The molecule has 0 aliphatic carbocycles. The molecule has 0 aliphatic rings. The molecule has 0 N–H and O–H groups in total. The first-order chi connectivity index (χ1) is 8.33. The van der Waals surface area contributed by atoms with E-state index in [-0.39, 0.29) is 6.42 Å². The summed E-state index contributed by atoms with van der Waals surface area (Å²) >= 11 is 0. The largest absolute Gasteiger partial charge is 0.393 e. The van der Waals surface area contributed by atoms with Crippen molar-refractivity contribution in [1.29, 1.82) is 0 Å². The molecule has 0 saturated heterocycles. The lowest BCUT2D eigenvalue weighted by Crippen LogP contribution is -2.32. The highest BCUT2D eigenvalue weighted by Gasteiger charge is 2.46. The molecule has 0 amide bonds. The molecule has 0 spiro atoms. The molecule has 0 unspecified atom stereocenters. The Labute approximate surface area is 108 Å². The quantitative estimate of drug-likeness (QED) is 0.658. The predicted molar refractivity (Wildman–Crippen MR) is 70.6 cm³/mol. The molecule has 3 heteroatoms. The Morgan fingerprint density at radius 2 is 1.44 bits per heavy atom. The van der Waals surface area contributed by atoms with Crippen molar-refractivity contribution in [2.75, 3.05) is 0 Å². The van der Waals surface area contributed by atoms with Crippen LogP contribution in [0.4, 0.5) is 13.2 Å². The predicted octanol–water partition coefficient (Wildman–Crippen LogP) is 5.62. The van der Waals surface area contributed by atoms with Crippen molar-refractivity contribution in [3.8, 4) is 0 Å². The normalized spacial score (nSPS) is 11.7. The van der Waals surface area contributed by atoms with Crippen molar-refractivity contribution in [2.24, 2.45) is 5.41 Å². The van der Waals surface area contributed by atoms with Crippen LogP contribution in [0.2, 0.25) is 0 Å². The number of alkyl halides is 3. The summed E-state index contributed by atoms with van der Waals surface area (Å²) in [6.45, 7) is 6.52. The molecule has 0 aliphatic heterocycles. The topological polar surface area (TPSA) is 0 Å². The maximum absolute atomic E-state index is 12.6. The lowest BCUT2D eigenvalue weighted by atomic mass is 9.86. The summed E-state index contributed by atoms with van der Waals surface area (Å²) in [4.78, 5) is 0. The van der Waals surface area contributed by atoms with Gasteiger partial charge in [-0.05, 0) is 24.8 Å². The second-order valence-electron chi connectivity index (χ2n) is 4.72. The fourth-order valence-electron chi connectivity index (χ4n) is 1.52. The molecule has 1 aromatic carbocycles. The maximum Gasteiger partial charge on any atom is 0.393 e. The lowest BCUT2D eigenvalue weighted by Gasteiger charge is -2.27. The molecular formula is C15H23F3. The zero-order chi connectivity index (χ0) is 14.2. The third-order valence-electron chi connectivity index (χ3n) is 2.88. The molecule has 0 bridgehead atoms. The van der Waals surface area contributed by atoms with E-state index >= 15 is 0 Å². The summed E-state index contributed by atoms with van der Waals surface area (Å²) in [6, 6.07) is 9.61. The number of benzene rings is 1. The third kappa shape index (κ3) is 5.56. The molecule has 0 radical (unpaired) electrons. The van der Waals surface area contributed by atoms with Crippen molar-refractivity contribution in [2.45, 2.75) is 53.1 Å². The van der Waals surface area contributed by atoms with Gasteiger partial charge in [-0.2, -0.15) is 13.2 Å². The van der Waals surface area contributed by atoms with Crippen LogP contribution in [0.3, 0.4) is 0 Å². The number of hydrogen-bond donors (Lipinski definition) is 0. The van der Waals surface area contributed by atoms with E-state index in [9.17, 15) is 13.2 Å². The molecule has 0 saturated carbocycles. The molecule has 0 heterocycles. The lowest BCUT2D eigenvalue weighted by molar-refractivity contribution is -0.213. The Hall–Kier alpha value is -0.990. The first-order valence-electron chi connectivity index (χ1n) is 6.43. The standard InChI is InChI=1S/C13H17F3.C2H6/c1-12(2,13(14,15)16)10-6-9-11-7-4-3-5-8-11;1-2/h3-5,7-8H,6,9-10H2,1-2H3;1-2H3. The van der Waals surface area contributed by atoms with E-state index in [2.05, 4.69) is 0 Å². The average Bonchev–Trinajstić information content (AvgIpc) is 2.31. The smallest absolute Gasteiger partial charge is 0.171 e. The van der Waals surface area contributed by atoms with Crippen LogP contribution < -0.4 is 0 Å². The number of aryl methyl sites for hydroxylation is 1. The van der Waals surface area contributed by atoms with E-state index < -0.39 is 11.6 Å². The highest BCUT2D eigenvalue weighted by Crippen LogP contribution is 2.41. The number of halogens is 3. The highest BCUT2D eigenvalue weighted by molar-refractivity contribution is 5.14. The third-order valence-corrected chi connectivity index (χ3v) is 2.88. The Morgan fingerprint density at radius 1 is 0.944 bits per heavy atom. The average molecular weight is 260 g/mol. The highest BCUT2D eigenvalue weighted by atomic mass is 19.4. The Kier molecular flexibility index (Phi) is 7.04. The maximum atomic E-state index is 12.6. The van der Waals surface area contributed by atoms with Crippen LogP contribution in [-0.4, -0.2) is 6.18 Å². The van der Waals surface area contributed by atoms with Crippen LogP contribution in [0.25, 0.3) is 0 Å². The first kappa shape index (κ1) is 17.0. The summed E-state index contributed by atoms with van der Waals surface area (Å²) in [5.74, 6) is 0. The summed E-state index contributed by atoms with van der Waals surface area (Å²) < 4.78 is 37.7. The SMILES string of the molecule is CC.CC(C)(CCCc1ccccc1)C(F)(F)F. The molecule has 1 aromatic rings. The van der Waals surface area contributed by atoms with E-state index in [1.807, 2.05) is 44.2 Å². The minimum Gasteiger partial charge on any atom is -0.171 e. The molecular weight excluding hydrogens is 237 g/mol. The van der Waals surface area contributed by atoms with Gasteiger partial charge in [-0.25, -0.2) is 0 Å². The fraction of sp³-hybridized carbons (Fsp3) is 0.600. The summed E-state index contributed by atoms with van der Waals surface area (Å²) in [5.41, 5.74) is -0.484. The first-order valence-corrected chi connectivity index (χ1v) is 6.43. The summed E-state index contributed by atoms with van der Waals surface area (Å²) in [5, 5.41) is 0. The van der Waals surface area contributed by atoms with Crippen molar-refractivity contribution >= 4 is 0 Å². The Balaban J connectivity index is 0.00000137. The Morgan fingerprint density at radius 3 is 1.89 bits per heavy atom. The second-order valence-corrected chi connectivity index (χ2v) is 4.72. The second kappa shape index (κ2) is 7.45. The monoisotopic (exact) mass is 260 g/mol. The molecule has 18 heavy (non-hydrogen) atoms. The van der Waals surface area contributed by atoms with Crippen LogP contribution in [0.5, 0.6) is 0 Å². The van der Waals surface area contributed by atoms with Gasteiger partial charge in [0.25, 0.3) is 0 Å². The van der Waals surface area contributed by atoms with Gasteiger partial charge in [-0.3, -0.25) is 0 Å². The number of hydrogen-bond acceptors (Lipinski definition) is 0. The van der Waals surface area contributed by atoms with Crippen LogP contribution in [0, 0.1) is 5.41 Å². The Bertz CT molecular complexity index is 312. The van der Waals surface area contributed by atoms with E-state index in [1.54, 1.807) is 0 Å². The van der Waals surface area contributed by atoms with Gasteiger partial charge < -0.3 is 0 Å². The van der Waals surface area contributed by atoms with Gasteiger partial charge in [-0.1, -0.05) is 58.0 Å². The van der Waals surface area contributed by atoms with Crippen molar-refractivity contribution in [3.63, 3.8) is 0 Å². The summed E-state index contributed by atoms with van der Waals surface area (Å²) in [7, 11) is 0. The van der Waals surface area contributed by atoms with Crippen LogP contribution in [0.15, 0.2) is 30.3 Å².